The molecule has 0 spiro atoms. The van der Waals surface area contributed by atoms with Gasteiger partial charge in [0.15, 0.2) is 0 Å². The Kier molecular flexibility index (Phi) is 5.75. The van der Waals surface area contributed by atoms with Crippen molar-refractivity contribution in [1.82, 2.24) is 9.62 Å². The Morgan fingerprint density at radius 1 is 1.08 bits per heavy atom. The van der Waals surface area contributed by atoms with E-state index in [2.05, 4.69) is 28.7 Å². The van der Waals surface area contributed by atoms with Gasteiger partial charge in [-0.25, -0.2) is 17.5 Å². The molecule has 1 aliphatic rings. The topological polar surface area (TPSA) is 49.4 Å². The Bertz CT molecular complexity index is 875. The van der Waals surface area contributed by atoms with Crippen LogP contribution in [0, 0.1) is 19.7 Å². The minimum Gasteiger partial charge on any atom is -0.299 e. The van der Waals surface area contributed by atoms with Gasteiger partial charge in [0, 0.05) is 25.7 Å². The van der Waals surface area contributed by atoms with Gasteiger partial charge < -0.3 is 0 Å². The Morgan fingerprint density at radius 2 is 1.77 bits per heavy atom. The summed E-state index contributed by atoms with van der Waals surface area (Å²) in [5, 5.41) is 0. The number of benzene rings is 2. The number of nitrogens with one attached hydrogen (secondary N) is 1. The molecule has 2 aromatic rings. The van der Waals surface area contributed by atoms with Gasteiger partial charge in [-0.15, -0.1) is 0 Å². The van der Waals surface area contributed by atoms with Crippen LogP contribution in [0.1, 0.15) is 29.5 Å². The van der Waals surface area contributed by atoms with E-state index in [9.17, 15) is 12.8 Å². The normalized spacial score (nSPS) is 16.7. The van der Waals surface area contributed by atoms with Crippen LogP contribution < -0.4 is 4.72 Å². The smallest absolute Gasteiger partial charge is 0.241 e. The average Bonchev–Trinajstić information content (AvgIpc) is 2.60. The summed E-state index contributed by atoms with van der Waals surface area (Å²) in [6.45, 7) is 6.35. The van der Waals surface area contributed by atoms with Gasteiger partial charge in [-0.05, 0) is 55.5 Å². The van der Waals surface area contributed by atoms with Crippen molar-refractivity contribution < 1.29 is 12.8 Å². The van der Waals surface area contributed by atoms with E-state index in [4.69, 9.17) is 0 Å². The largest absolute Gasteiger partial charge is 0.299 e. The van der Waals surface area contributed by atoms with Gasteiger partial charge in [-0.1, -0.05) is 30.3 Å². The molecule has 140 valence electrons. The fourth-order valence-electron chi connectivity index (χ4n) is 3.38. The summed E-state index contributed by atoms with van der Waals surface area (Å²) >= 11 is 0. The van der Waals surface area contributed by atoms with Crippen LogP contribution in [-0.2, 0) is 16.6 Å². The third-order valence-electron chi connectivity index (χ3n) is 5.00. The zero-order chi connectivity index (χ0) is 18.7. The first-order valence-electron chi connectivity index (χ1n) is 8.90. The molecule has 0 aromatic heterocycles. The zero-order valence-electron chi connectivity index (χ0n) is 15.2. The molecule has 0 aliphatic carbocycles. The highest BCUT2D eigenvalue weighted by atomic mass is 32.2. The number of hydrogen-bond donors (Lipinski definition) is 1. The molecule has 1 N–H and O–H groups in total. The van der Waals surface area contributed by atoms with E-state index in [0.717, 1.165) is 38.5 Å². The average molecular weight is 376 g/mol. The summed E-state index contributed by atoms with van der Waals surface area (Å²) in [6, 6.07) is 12.1. The Labute approximate surface area is 155 Å². The van der Waals surface area contributed by atoms with Crippen molar-refractivity contribution in [3.8, 4) is 0 Å². The van der Waals surface area contributed by atoms with E-state index in [1.165, 1.54) is 23.3 Å². The summed E-state index contributed by atoms with van der Waals surface area (Å²) in [6.07, 6.45) is 1.50. The molecule has 1 aliphatic heterocycles. The van der Waals surface area contributed by atoms with Gasteiger partial charge in [0.05, 0.1) is 4.90 Å². The lowest BCUT2D eigenvalue weighted by molar-refractivity contribution is 0.199. The monoisotopic (exact) mass is 376 g/mol. The SMILES string of the molecule is Cc1ccccc1CN1CCC(NS(=O)(=O)c2cc(F)ccc2C)CC1. The fraction of sp³-hybridized carbons (Fsp3) is 0.400. The quantitative estimate of drug-likeness (QED) is 0.870. The zero-order valence-corrected chi connectivity index (χ0v) is 16.0. The molecule has 0 amide bonds. The highest BCUT2D eigenvalue weighted by Gasteiger charge is 2.26. The van der Waals surface area contributed by atoms with Crippen molar-refractivity contribution in [2.24, 2.45) is 0 Å². The molecule has 0 bridgehead atoms. The second kappa shape index (κ2) is 7.86. The standard InChI is InChI=1S/C20H25FN2O2S/c1-15-5-3-4-6-17(15)14-23-11-9-19(10-12-23)22-26(24,25)20-13-18(21)8-7-16(20)2/h3-8,13,19,22H,9-12,14H2,1-2H3. The summed E-state index contributed by atoms with van der Waals surface area (Å²) in [5.74, 6) is -0.538. The Morgan fingerprint density at radius 3 is 2.46 bits per heavy atom. The second-order valence-corrected chi connectivity index (χ2v) is 8.69. The van der Waals surface area contributed by atoms with E-state index in [-0.39, 0.29) is 10.9 Å². The number of nitrogens with zero attached hydrogens (tertiary/aromatic N) is 1. The number of rotatable bonds is 5. The van der Waals surface area contributed by atoms with Gasteiger partial charge in [0.2, 0.25) is 10.0 Å². The molecule has 26 heavy (non-hydrogen) atoms. The lowest BCUT2D eigenvalue weighted by Gasteiger charge is -2.32. The first-order valence-corrected chi connectivity index (χ1v) is 10.4. The first kappa shape index (κ1) is 19.0. The van der Waals surface area contributed by atoms with E-state index in [0.29, 0.717) is 5.56 Å². The van der Waals surface area contributed by atoms with Gasteiger partial charge in [-0.2, -0.15) is 0 Å². The van der Waals surface area contributed by atoms with Crippen molar-refractivity contribution in [3.05, 3.63) is 65.0 Å². The summed E-state index contributed by atoms with van der Waals surface area (Å²) in [5.41, 5.74) is 3.13. The van der Waals surface area contributed by atoms with Crippen LogP contribution in [0.5, 0.6) is 0 Å². The molecule has 3 rings (SSSR count). The lowest BCUT2D eigenvalue weighted by Crippen LogP contribution is -2.44. The summed E-state index contributed by atoms with van der Waals surface area (Å²) in [7, 11) is -3.70. The summed E-state index contributed by atoms with van der Waals surface area (Å²) < 4.78 is 41.4. The molecule has 0 atom stereocenters. The number of sulfonamides is 1. The highest BCUT2D eigenvalue weighted by molar-refractivity contribution is 7.89. The molecule has 1 saturated heterocycles. The molecule has 0 radical (unpaired) electrons. The van der Waals surface area contributed by atoms with Crippen molar-refractivity contribution in [3.63, 3.8) is 0 Å². The predicted molar refractivity (Wildman–Crippen MR) is 101 cm³/mol. The fourth-order valence-corrected chi connectivity index (χ4v) is 4.94. The van der Waals surface area contributed by atoms with Gasteiger partial charge in [-0.3, -0.25) is 4.90 Å². The molecule has 1 fully saturated rings. The first-order chi connectivity index (χ1) is 12.3. The molecule has 2 aromatic carbocycles. The van der Waals surface area contributed by atoms with E-state index >= 15 is 0 Å². The minimum atomic E-state index is -3.70. The van der Waals surface area contributed by atoms with E-state index in [1.807, 2.05) is 12.1 Å². The Hall–Kier alpha value is -1.76. The molecule has 1 heterocycles. The van der Waals surface area contributed by atoms with Crippen LogP contribution in [0.2, 0.25) is 0 Å². The molecule has 4 nitrogen and oxygen atoms in total. The predicted octanol–water partition coefficient (Wildman–Crippen LogP) is 3.39. The van der Waals surface area contributed by atoms with Crippen LogP contribution in [0.25, 0.3) is 0 Å². The van der Waals surface area contributed by atoms with Crippen LogP contribution in [0.3, 0.4) is 0 Å². The maximum atomic E-state index is 13.4. The second-order valence-electron chi connectivity index (χ2n) is 7.01. The minimum absolute atomic E-state index is 0.0276. The third-order valence-corrected chi connectivity index (χ3v) is 6.67. The highest BCUT2D eigenvalue weighted by Crippen LogP contribution is 2.20. The van der Waals surface area contributed by atoms with Crippen molar-refractivity contribution in [2.45, 2.75) is 44.2 Å². The third kappa shape index (κ3) is 4.50. The number of piperidine rings is 1. The van der Waals surface area contributed by atoms with Gasteiger partial charge in [0.25, 0.3) is 0 Å². The number of halogens is 1. The van der Waals surface area contributed by atoms with Crippen molar-refractivity contribution in [2.75, 3.05) is 13.1 Å². The van der Waals surface area contributed by atoms with E-state index < -0.39 is 15.8 Å². The number of likely N-dealkylation sites (tertiary alicyclic amines) is 1. The van der Waals surface area contributed by atoms with Crippen LogP contribution in [0.4, 0.5) is 4.39 Å². The molecule has 0 saturated carbocycles. The molecule has 0 unspecified atom stereocenters. The maximum absolute atomic E-state index is 13.4. The molecular weight excluding hydrogens is 351 g/mol. The molecular formula is C20H25FN2O2S. The number of hydrogen-bond acceptors (Lipinski definition) is 3. The lowest BCUT2D eigenvalue weighted by atomic mass is 10.0. The Balaban J connectivity index is 1.60. The maximum Gasteiger partial charge on any atom is 0.241 e. The van der Waals surface area contributed by atoms with E-state index in [1.54, 1.807) is 6.92 Å². The molecule has 6 heteroatoms. The van der Waals surface area contributed by atoms with Crippen LogP contribution in [0.15, 0.2) is 47.4 Å². The number of aryl methyl sites for hydroxylation is 2. The van der Waals surface area contributed by atoms with Crippen LogP contribution >= 0.6 is 0 Å². The summed E-state index contributed by atoms with van der Waals surface area (Å²) in [4.78, 5) is 2.38. The van der Waals surface area contributed by atoms with Gasteiger partial charge >= 0.3 is 0 Å². The van der Waals surface area contributed by atoms with Crippen LogP contribution in [-0.4, -0.2) is 32.4 Å². The van der Waals surface area contributed by atoms with Gasteiger partial charge in [0.1, 0.15) is 5.82 Å². The van der Waals surface area contributed by atoms with Crippen molar-refractivity contribution in [1.29, 1.82) is 0 Å². The van der Waals surface area contributed by atoms with Crippen molar-refractivity contribution >= 4 is 10.0 Å².